The number of fused-ring (bicyclic) bond motifs is 1. The molecule has 0 unspecified atom stereocenters. The number of aromatic nitrogens is 6. The maximum Gasteiger partial charge on any atom is 0.290 e. The van der Waals surface area contributed by atoms with Gasteiger partial charge < -0.3 is 14.0 Å². The van der Waals surface area contributed by atoms with Crippen molar-refractivity contribution in [1.29, 1.82) is 0 Å². The molecule has 0 spiro atoms. The lowest BCUT2D eigenvalue weighted by Crippen LogP contribution is -2.13. The molecular formula is C20H16N6O4S2. The average Bonchev–Trinajstić information content (AvgIpc) is 3.58. The molecule has 5 rings (SSSR count). The molecule has 0 bridgehead atoms. The van der Waals surface area contributed by atoms with Gasteiger partial charge in [0.05, 0.1) is 24.8 Å². The molecular weight excluding hydrogens is 452 g/mol. The molecule has 0 aliphatic heterocycles. The van der Waals surface area contributed by atoms with Gasteiger partial charge in [-0.05, 0) is 29.6 Å². The summed E-state index contributed by atoms with van der Waals surface area (Å²) < 4.78 is 17.5. The molecule has 1 N–H and O–H groups in total. The maximum atomic E-state index is 12.2. The van der Waals surface area contributed by atoms with Crippen molar-refractivity contribution in [2.24, 2.45) is 0 Å². The van der Waals surface area contributed by atoms with E-state index in [-0.39, 0.29) is 5.56 Å². The van der Waals surface area contributed by atoms with Crippen LogP contribution in [0.2, 0.25) is 0 Å². The van der Waals surface area contributed by atoms with Crippen molar-refractivity contribution in [2.75, 3.05) is 14.2 Å². The maximum absolute atomic E-state index is 12.2. The van der Waals surface area contributed by atoms with E-state index in [0.717, 1.165) is 4.88 Å². The Balaban J connectivity index is 1.40. The summed E-state index contributed by atoms with van der Waals surface area (Å²) in [4.78, 5) is 17.6. The van der Waals surface area contributed by atoms with Gasteiger partial charge in [-0.3, -0.25) is 4.79 Å². The van der Waals surface area contributed by atoms with Crippen LogP contribution in [0.4, 0.5) is 0 Å². The Morgan fingerprint density at radius 1 is 1.19 bits per heavy atom. The smallest absolute Gasteiger partial charge is 0.290 e. The minimum absolute atomic E-state index is 0.309. The van der Waals surface area contributed by atoms with Gasteiger partial charge >= 0.3 is 0 Å². The largest absolute Gasteiger partial charge is 0.497 e. The molecule has 5 aromatic rings. The van der Waals surface area contributed by atoms with Crippen LogP contribution in [0.1, 0.15) is 5.89 Å². The van der Waals surface area contributed by atoms with Crippen LogP contribution < -0.4 is 15.0 Å². The predicted octanol–water partition coefficient (Wildman–Crippen LogP) is 3.51. The first kappa shape index (κ1) is 20.3. The van der Waals surface area contributed by atoms with Crippen molar-refractivity contribution >= 4 is 28.6 Å². The average molecular weight is 469 g/mol. The Morgan fingerprint density at radius 2 is 2.00 bits per heavy atom. The highest BCUT2D eigenvalue weighted by Crippen LogP contribution is 2.29. The number of thioether (sulfide) groups is 1. The molecule has 0 saturated carbocycles. The van der Waals surface area contributed by atoms with Crippen LogP contribution in [0.3, 0.4) is 0 Å². The summed E-state index contributed by atoms with van der Waals surface area (Å²) in [6.45, 7) is 0. The highest BCUT2D eigenvalue weighted by molar-refractivity contribution is 7.98. The number of nitrogens with zero attached hydrogens (tertiary/aromatic N) is 5. The summed E-state index contributed by atoms with van der Waals surface area (Å²) in [6, 6.07) is 11.0. The highest BCUT2D eigenvalue weighted by atomic mass is 32.2. The fraction of sp³-hybridized carbons (Fsp3) is 0.150. The molecule has 12 heteroatoms. The van der Waals surface area contributed by atoms with Gasteiger partial charge in [0.15, 0.2) is 0 Å². The Morgan fingerprint density at radius 3 is 2.72 bits per heavy atom. The van der Waals surface area contributed by atoms with Crippen LogP contribution in [0.5, 0.6) is 11.5 Å². The zero-order chi connectivity index (χ0) is 22.1. The third-order valence-electron chi connectivity index (χ3n) is 4.55. The molecule has 0 amide bonds. The summed E-state index contributed by atoms with van der Waals surface area (Å²) in [6.07, 6.45) is 0. The van der Waals surface area contributed by atoms with Crippen molar-refractivity contribution in [3.05, 3.63) is 58.0 Å². The van der Waals surface area contributed by atoms with Crippen molar-refractivity contribution < 1.29 is 14.0 Å². The number of benzene rings is 1. The van der Waals surface area contributed by atoms with E-state index >= 15 is 0 Å². The Kier molecular flexibility index (Phi) is 5.37. The van der Waals surface area contributed by atoms with E-state index in [0.29, 0.717) is 50.9 Å². The third-order valence-corrected chi connectivity index (χ3v) is 6.36. The fourth-order valence-electron chi connectivity index (χ4n) is 3.02. The van der Waals surface area contributed by atoms with Gasteiger partial charge in [-0.2, -0.15) is 10.1 Å². The molecule has 162 valence electrons. The number of methoxy groups -OCH3 is 2. The normalized spacial score (nSPS) is 11.2. The number of ether oxygens (including phenoxy) is 2. The zero-order valence-electron chi connectivity index (χ0n) is 16.9. The van der Waals surface area contributed by atoms with Crippen LogP contribution in [-0.2, 0) is 5.75 Å². The Bertz CT molecular complexity index is 1420. The van der Waals surface area contributed by atoms with Gasteiger partial charge in [0.25, 0.3) is 5.56 Å². The topological polar surface area (TPSA) is 120 Å². The van der Waals surface area contributed by atoms with Gasteiger partial charge in [-0.1, -0.05) is 23.0 Å². The van der Waals surface area contributed by atoms with Gasteiger partial charge in [0.2, 0.25) is 16.9 Å². The van der Waals surface area contributed by atoms with E-state index in [1.165, 1.54) is 16.3 Å². The quantitative estimate of drug-likeness (QED) is 0.358. The first-order valence-electron chi connectivity index (χ1n) is 9.36. The summed E-state index contributed by atoms with van der Waals surface area (Å²) in [5, 5.41) is 17.7. The van der Waals surface area contributed by atoms with Gasteiger partial charge in [-0.25, -0.2) is 9.61 Å². The molecule has 1 aromatic carbocycles. The molecule has 10 nitrogen and oxygen atoms in total. The molecule has 0 fully saturated rings. The van der Waals surface area contributed by atoms with Gasteiger partial charge in [0.1, 0.15) is 22.7 Å². The molecule has 4 heterocycles. The first-order chi connectivity index (χ1) is 15.6. The number of thiophene rings is 1. The molecule has 0 radical (unpaired) electrons. The number of hydrogen-bond donors (Lipinski definition) is 1. The van der Waals surface area contributed by atoms with E-state index < -0.39 is 0 Å². The lowest BCUT2D eigenvalue weighted by atomic mass is 10.2. The van der Waals surface area contributed by atoms with Crippen LogP contribution >= 0.6 is 23.1 Å². The fourth-order valence-corrected chi connectivity index (χ4v) is 4.45. The molecule has 0 aliphatic carbocycles. The van der Waals surface area contributed by atoms with E-state index in [1.54, 1.807) is 49.8 Å². The number of hydrogen-bond acceptors (Lipinski definition) is 10. The minimum atomic E-state index is -0.309. The van der Waals surface area contributed by atoms with Crippen molar-refractivity contribution in [1.82, 2.24) is 30.0 Å². The van der Waals surface area contributed by atoms with E-state index in [9.17, 15) is 4.79 Å². The van der Waals surface area contributed by atoms with E-state index in [4.69, 9.17) is 14.0 Å². The summed E-state index contributed by atoms with van der Waals surface area (Å²) in [7, 11) is 3.15. The van der Waals surface area contributed by atoms with Crippen molar-refractivity contribution in [2.45, 2.75) is 10.9 Å². The third kappa shape index (κ3) is 3.85. The molecule has 0 aliphatic rings. The second-order valence-corrected chi connectivity index (χ2v) is 8.43. The monoisotopic (exact) mass is 468 g/mol. The lowest BCUT2D eigenvalue weighted by Gasteiger charge is -2.05. The Labute approximate surface area is 189 Å². The molecule has 0 saturated heterocycles. The van der Waals surface area contributed by atoms with Crippen LogP contribution in [0, 0.1) is 0 Å². The van der Waals surface area contributed by atoms with Gasteiger partial charge in [0, 0.05) is 11.6 Å². The number of rotatable bonds is 7. The minimum Gasteiger partial charge on any atom is -0.497 e. The Hall–Kier alpha value is -3.64. The van der Waals surface area contributed by atoms with Crippen molar-refractivity contribution in [3.8, 4) is 33.5 Å². The number of nitrogens with one attached hydrogen (secondary N) is 1. The predicted molar refractivity (Wildman–Crippen MR) is 119 cm³/mol. The molecule has 0 atom stereocenters. The summed E-state index contributed by atoms with van der Waals surface area (Å²) >= 11 is 2.88. The van der Waals surface area contributed by atoms with Crippen molar-refractivity contribution in [3.63, 3.8) is 0 Å². The lowest BCUT2D eigenvalue weighted by molar-refractivity contribution is 0.390. The number of H-pyrrole nitrogens is 1. The number of aromatic amines is 1. The van der Waals surface area contributed by atoms with Crippen LogP contribution in [-0.4, -0.2) is 44.2 Å². The van der Waals surface area contributed by atoms with Crippen LogP contribution in [0.25, 0.3) is 27.5 Å². The first-order valence-corrected chi connectivity index (χ1v) is 11.2. The summed E-state index contributed by atoms with van der Waals surface area (Å²) in [5.41, 5.74) is 1.53. The SMILES string of the molecule is COc1cc(OC)cc(-c2noc(CSc3n[nH]c(=O)c4cc(-c5cccs5)nn34)n2)c1. The standard InChI is InChI=1S/C20H16N6O4S2/c1-28-12-6-11(7-13(8-12)29-2)18-21-17(30-25-18)10-32-20-23-22-19(27)15-9-14(24-26(15)20)16-4-3-5-31-16/h3-9H,10H2,1-2H3,(H,22,27). The molecule has 4 aromatic heterocycles. The van der Waals surface area contributed by atoms with Crippen LogP contribution in [0.15, 0.2) is 56.3 Å². The summed E-state index contributed by atoms with van der Waals surface area (Å²) in [5.74, 6) is 2.41. The highest BCUT2D eigenvalue weighted by Gasteiger charge is 2.16. The van der Waals surface area contributed by atoms with E-state index in [1.807, 2.05) is 17.5 Å². The zero-order valence-corrected chi connectivity index (χ0v) is 18.6. The van der Waals surface area contributed by atoms with Gasteiger partial charge in [-0.15, -0.1) is 16.4 Å². The second kappa shape index (κ2) is 8.48. The van der Waals surface area contributed by atoms with E-state index in [2.05, 4.69) is 25.4 Å². The second-order valence-electron chi connectivity index (χ2n) is 6.54. The molecule has 32 heavy (non-hydrogen) atoms.